The third kappa shape index (κ3) is 6.03. The molecule has 0 radical (unpaired) electrons. The van der Waals surface area contributed by atoms with Crippen LogP contribution in [0.15, 0.2) is 72.0 Å². The predicted molar refractivity (Wildman–Crippen MR) is 140 cm³/mol. The number of halogens is 1. The monoisotopic (exact) mass is 545 g/mol. The Bertz CT molecular complexity index is 1030. The van der Waals surface area contributed by atoms with E-state index in [1.165, 1.54) is 11.1 Å². The largest absolute Gasteiger partial charge is 0.487 e. The van der Waals surface area contributed by atoms with Crippen molar-refractivity contribution in [2.24, 2.45) is 4.99 Å². The van der Waals surface area contributed by atoms with Gasteiger partial charge in [-0.1, -0.05) is 48.5 Å². The number of fused-ring (bicyclic) bond motifs is 1. The average molecular weight is 545 g/mol. The molecular formula is C25H32IN5O. The van der Waals surface area contributed by atoms with Crippen molar-refractivity contribution in [3.8, 4) is 5.75 Å². The lowest BCUT2D eigenvalue weighted by Crippen LogP contribution is -2.45. The Balaban J connectivity index is 0.00000289. The van der Waals surface area contributed by atoms with Gasteiger partial charge in [-0.15, -0.1) is 24.0 Å². The summed E-state index contributed by atoms with van der Waals surface area (Å²) in [5.74, 6) is 2.79. The van der Waals surface area contributed by atoms with E-state index in [2.05, 4.69) is 75.4 Å². The van der Waals surface area contributed by atoms with Crippen molar-refractivity contribution in [2.75, 3.05) is 13.6 Å². The predicted octanol–water partition coefficient (Wildman–Crippen LogP) is 4.56. The highest BCUT2D eigenvalue weighted by Gasteiger charge is 2.33. The van der Waals surface area contributed by atoms with Gasteiger partial charge in [-0.3, -0.25) is 4.99 Å². The van der Waals surface area contributed by atoms with Crippen molar-refractivity contribution >= 4 is 29.9 Å². The van der Waals surface area contributed by atoms with E-state index in [1.54, 1.807) is 0 Å². The number of aromatic nitrogens is 2. The smallest absolute Gasteiger partial charge is 0.191 e. The Kier molecular flexibility index (Phi) is 8.17. The Hall–Kier alpha value is -2.55. The van der Waals surface area contributed by atoms with Crippen molar-refractivity contribution in [2.45, 2.75) is 44.9 Å². The third-order valence-electron chi connectivity index (χ3n) is 5.55. The minimum Gasteiger partial charge on any atom is -0.487 e. The van der Waals surface area contributed by atoms with Crippen molar-refractivity contribution in [3.05, 3.63) is 83.9 Å². The van der Waals surface area contributed by atoms with Crippen LogP contribution in [0.25, 0.3) is 0 Å². The van der Waals surface area contributed by atoms with Gasteiger partial charge in [0.15, 0.2) is 5.96 Å². The molecule has 2 aromatic carbocycles. The maximum absolute atomic E-state index is 6.15. The molecule has 2 heterocycles. The van der Waals surface area contributed by atoms with Gasteiger partial charge in [-0.05, 0) is 25.5 Å². The standard InChI is InChI=1S/C25H31N5O.HI/c1-25(2)17-21(20-11-7-8-12-22(20)31-25)29-24(26-3)28-14-13-23-27-15-16-30(23)18-19-9-5-4-6-10-19;/h4-12,15-16,21H,13-14,17-18H2,1-3H3,(H2,26,28,29);1H. The van der Waals surface area contributed by atoms with Crippen LogP contribution < -0.4 is 15.4 Å². The Morgan fingerprint density at radius 3 is 2.69 bits per heavy atom. The highest BCUT2D eigenvalue weighted by molar-refractivity contribution is 14.0. The molecule has 6 nitrogen and oxygen atoms in total. The summed E-state index contributed by atoms with van der Waals surface area (Å²) in [7, 11) is 1.81. The summed E-state index contributed by atoms with van der Waals surface area (Å²) >= 11 is 0. The first-order chi connectivity index (χ1) is 15.0. The molecule has 170 valence electrons. The number of guanidine groups is 1. The van der Waals surface area contributed by atoms with Crippen LogP contribution in [0.5, 0.6) is 5.75 Å². The molecule has 0 amide bonds. The molecule has 0 aliphatic carbocycles. The van der Waals surface area contributed by atoms with Crippen molar-refractivity contribution in [1.29, 1.82) is 0 Å². The molecule has 3 aromatic rings. The molecule has 7 heteroatoms. The van der Waals surface area contributed by atoms with Gasteiger partial charge in [0.1, 0.15) is 17.2 Å². The van der Waals surface area contributed by atoms with E-state index in [1.807, 2.05) is 37.6 Å². The van der Waals surface area contributed by atoms with Gasteiger partial charge in [0.25, 0.3) is 0 Å². The van der Waals surface area contributed by atoms with Crippen molar-refractivity contribution in [3.63, 3.8) is 0 Å². The van der Waals surface area contributed by atoms with E-state index >= 15 is 0 Å². The van der Waals surface area contributed by atoms with Gasteiger partial charge >= 0.3 is 0 Å². The molecule has 0 saturated carbocycles. The number of aliphatic imine (C=N–C) groups is 1. The molecule has 0 fully saturated rings. The molecule has 0 saturated heterocycles. The van der Waals surface area contributed by atoms with E-state index in [9.17, 15) is 0 Å². The van der Waals surface area contributed by atoms with Crippen LogP contribution in [-0.4, -0.2) is 34.7 Å². The quantitative estimate of drug-likeness (QED) is 0.271. The molecule has 1 unspecified atom stereocenters. The zero-order valence-corrected chi connectivity index (χ0v) is 21.2. The van der Waals surface area contributed by atoms with Gasteiger partial charge in [-0.25, -0.2) is 4.98 Å². The van der Waals surface area contributed by atoms with Crippen LogP contribution in [0.4, 0.5) is 0 Å². The molecule has 4 rings (SSSR count). The maximum atomic E-state index is 6.15. The number of imidazole rings is 1. The summed E-state index contributed by atoms with van der Waals surface area (Å²) in [4.78, 5) is 8.98. The van der Waals surface area contributed by atoms with Crippen LogP contribution in [0.1, 0.15) is 43.3 Å². The Morgan fingerprint density at radius 2 is 1.91 bits per heavy atom. The molecule has 1 aliphatic heterocycles. The number of nitrogens with zero attached hydrogens (tertiary/aromatic N) is 3. The SMILES string of the molecule is CN=C(NCCc1nccn1Cc1ccccc1)NC1CC(C)(C)Oc2ccccc21.I. The lowest BCUT2D eigenvalue weighted by atomic mass is 9.90. The number of rotatable bonds is 6. The fourth-order valence-corrected chi connectivity index (χ4v) is 4.08. The van der Waals surface area contributed by atoms with E-state index in [0.29, 0.717) is 0 Å². The zero-order valence-electron chi connectivity index (χ0n) is 18.9. The van der Waals surface area contributed by atoms with Crippen LogP contribution in [0, 0.1) is 0 Å². The molecule has 0 spiro atoms. The van der Waals surface area contributed by atoms with E-state index in [4.69, 9.17) is 4.74 Å². The van der Waals surface area contributed by atoms with Crippen LogP contribution >= 0.6 is 24.0 Å². The van der Waals surface area contributed by atoms with Gasteiger partial charge in [0.05, 0.1) is 6.04 Å². The highest BCUT2D eigenvalue weighted by atomic mass is 127. The normalized spacial score (nSPS) is 17.0. The molecule has 1 aromatic heterocycles. The first-order valence-electron chi connectivity index (χ1n) is 10.8. The van der Waals surface area contributed by atoms with Gasteiger partial charge in [0, 0.05) is 50.9 Å². The number of benzene rings is 2. The molecule has 32 heavy (non-hydrogen) atoms. The van der Waals surface area contributed by atoms with Crippen molar-refractivity contribution < 1.29 is 4.74 Å². The average Bonchev–Trinajstić information content (AvgIpc) is 3.19. The van der Waals surface area contributed by atoms with Gasteiger partial charge in [0.2, 0.25) is 0 Å². The lowest BCUT2D eigenvalue weighted by molar-refractivity contribution is 0.0694. The second-order valence-electron chi connectivity index (χ2n) is 8.51. The number of hydrogen-bond donors (Lipinski definition) is 2. The first kappa shape index (κ1) is 24.1. The number of para-hydroxylation sites is 1. The molecule has 1 aliphatic rings. The Morgan fingerprint density at radius 1 is 1.16 bits per heavy atom. The van der Waals surface area contributed by atoms with Crippen LogP contribution in [0.2, 0.25) is 0 Å². The summed E-state index contributed by atoms with van der Waals surface area (Å²) in [5, 5.41) is 7.03. The third-order valence-corrected chi connectivity index (χ3v) is 5.55. The summed E-state index contributed by atoms with van der Waals surface area (Å²) in [6.45, 7) is 5.83. The zero-order chi connectivity index (χ0) is 21.7. The summed E-state index contributed by atoms with van der Waals surface area (Å²) < 4.78 is 8.34. The fraction of sp³-hybridized carbons (Fsp3) is 0.360. The first-order valence-corrected chi connectivity index (χ1v) is 10.8. The van der Waals surface area contributed by atoms with E-state index < -0.39 is 0 Å². The number of nitrogens with one attached hydrogen (secondary N) is 2. The highest BCUT2D eigenvalue weighted by Crippen LogP contribution is 2.39. The summed E-state index contributed by atoms with van der Waals surface area (Å²) in [6, 6.07) is 18.8. The second-order valence-corrected chi connectivity index (χ2v) is 8.51. The van der Waals surface area contributed by atoms with Crippen molar-refractivity contribution in [1.82, 2.24) is 20.2 Å². The second kappa shape index (κ2) is 10.8. The summed E-state index contributed by atoms with van der Waals surface area (Å²) in [5.41, 5.74) is 2.21. The van der Waals surface area contributed by atoms with E-state index in [-0.39, 0.29) is 35.6 Å². The minimum absolute atomic E-state index is 0. The fourth-order valence-electron chi connectivity index (χ4n) is 4.08. The molecule has 2 N–H and O–H groups in total. The number of hydrogen-bond acceptors (Lipinski definition) is 3. The van der Waals surface area contributed by atoms with Gasteiger partial charge in [-0.2, -0.15) is 0 Å². The summed E-state index contributed by atoms with van der Waals surface area (Å²) in [6.07, 6.45) is 5.59. The van der Waals surface area contributed by atoms with Crippen LogP contribution in [0.3, 0.4) is 0 Å². The molecule has 0 bridgehead atoms. The van der Waals surface area contributed by atoms with E-state index in [0.717, 1.165) is 43.5 Å². The minimum atomic E-state index is -0.229. The Labute approximate surface area is 207 Å². The molecular weight excluding hydrogens is 513 g/mol. The molecule has 1 atom stereocenters. The van der Waals surface area contributed by atoms with Crippen LogP contribution in [-0.2, 0) is 13.0 Å². The van der Waals surface area contributed by atoms with Gasteiger partial charge < -0.3 is 19.9 Å². The number of ether oxygens (including phenoxy) is 1. The maximum Gasteiger partial charge on any atom is 0.191 e. The lowest BCUT2D eigenvalue weighted by Gasteiger charge is -2.38. The topological polar surface area (TPSA) is 63.5 Å².